The smallest absolute Gasteiger partial charge is 0.340 e. The summed E-state index contributed by atoms with van der Waals surface area (Å²) in [6.07, 6.45) is 1.43. The second-order valence-electron chi connectivity index (χ2n) is 3.00. The van der Waals surface area contributed by atoms with E-state index in [0.29, 0.717) is 17.7 Å². The fraction of sp³-hybridized carbons (Fsp3) is 0.182. The molecule has 0 saturated heterocycles. The third-order valence-electron chi connectivity index (χ3n) is 2.04. The lowest BCUT2D eigenvalue weighted by Crippen LogP contribution is -2.06. The molecule has 2 aromatic rings. The number of carbonyl (C=O) groups is 1. The van der Waals surface area contributed by atoms with Crippen LogP contribution in [0.2, 0.25) is 0 Å². The maximum Gasteiger partial charge on any atom is 0.340 e. The van der Waals surface area contributed by atoms with Gasteiger partial charge in [0.2, 0.25) is 0 Å². The van der Waals surface area contributed by atoms with Gasteiger partial charge < -0.3 is 4.74 Å². The summed E-state index contributed by atoms with van der Waals surface area (Å²) in [6, 6.07) is 7.35. The number of hydrogen-bond donors (Lipinski definition) is 0. The third-order valence-corrected chi connectivity index (χ3v) is 2.04. The Morgan fingerprint density at radius 1 is 1.40 bits per heavy atom. The van der Waals surface area contributed by atoms with E-state index < -0.39 is 0 Å². The Labute approximate surface area is 86.9 Å². The summed E-state index contributed by atoms with van der Waals surface area (Å²) in [4.78, 5) is 11.6. The van der Waals surface area contributed by atoms with Crippen LogP contribution in [0.4, 0.5) is 0 Å². The van der Waals surface area contributed by atoms with Crippen molar-refractivity contribution in [3.8, 4) is 0 Å². The highest BCUT2D eigenvalue weighted by molar-refractivity contribution is 6.02. The monoisotopic (exact) mass is 202 g/mol. The zero-order valence-electron chi connectivity index (χ0n) is 8.30. The summed E-state index contributed by atoms with van der Waals surface area (Å²) in [5.41, 5.74) is 1.16. The Morgan fingerprint density at radius 3 is 3.00 bits per heavy atom. The van der Waals surface area contributed by atoms with Gasteiger partial charge in [-0.15, -0.1) is 0 Å². The number of nitrogens with zero attached hydrogens (tertiary/aromatic N) is 2. The minimum Gasteiger partial charge on any atom is -0.462 e. The molecule has 0 bridgehead atoms. The van der Waals surface area contributed by atoms with Crippen molar-refractivity contribution >= 4 is 16.9 Å². The fourth-order valence-electron chi connectivity index (χ4n) is 1.38. The summed E-state index contributed by atoms with van der Waals surface area (Å²) in [7, 11) is 0. The number of hydrogen-bond acceptors (Lipinski definition) is 4. The van der Waals surface area contributed by atoms with Crippen LogP contribution in [-0.4, -0.2) is 22.8 Å². The number of fused-ring (bicyclic) bond motifs is 1. The number of esters is 1. The molecule has 2 rings (SSSR count). The van der Waals surface area contributed by atoms with E-state index in [4.69, 9.17) is 4.74 Å². The molecule has 0 spiro atoms. The van der Waals surface area contributed by atoms with Gasteiger partial charge in [-0.05, 0) is 13.0 Å². The van der Waals surface area contributed by atoms with Crippen molar-refractivity contribution < 1.29 is 9.53 Å². The predicted molar refractivity (Wildman–Crippen MR) is 55.5 cm³/mol. The molecule has 0 saturated carbocycles. The SMILES string of the molecule is CCOC(=O)c1cnnc2ccccc12. The first-order valence-corrected chi connectivity index (χ1v) is 4.70. The molecule has 15 heavy (non-hydrogen) atoms. The molecule has 4 nitrogen and oxygen atoms in total. The molecule has 0 fully saturated rings. The van der Waals surface area contributed by atoms with Crippen molar-refractivity contribution in [2.45, 2.75) is 6.92 Å². The first-order chi connectivity index (χ1) is 7.33. The third kappa shape index (κ3) is 1.79. The van der Waals surface area contributed by atoms with Gasteiger partial charge in [-0.25, -0.2) is 4.79 Å². The normalized spacial score (nSPS) is 10.2. The average molecular weight is 202 g/mol. The highest BCUT2D eigenvalue weighted by Gasteiger charge is 2.11. The maximum atomic E-state index is 11.6. The summed E-state index contributed by atoms with van der Waals surface area (Å²) in [5.74, 6) is -0.358. The summed E-state index contributed by atoms with van der Waals surface area (Å²) < 4.78 is 4.93. The first kappa shape index (κ1) is 9.58. The highest BCUT2D eigenvalue weighted by atomic mass is 16.5. The fourth-order valence-corrected chi connectivity index (χ4v) is 1.38. The van der Waals surface area contributed by atoms with Gasteiger partial charge in [0, 0.05) is 5.39 Å². The van der Waals surface area contributed by atoms with Gasteiger partial charge in [-0.3, -0.25) is 0 Å². The molecule has 1 heterocycles. The standard InChI is InChI=1S/C11H10N2O2/c1-2-15-11(14)9-7-12-13-10-6-4-3-5-8(9)10/h3-7H,2H2,1H3. The van der Waals surface area contributed by atoms with E-state index in [0.717, 1.165) is 5.39 Å². The van der Waals surface area contributed by atoms with Crippen molar-refractivity contribution in [1.29, 1.82) is 0 Å². The highest BCUT2D eigenvalue weighted by Crippen LogP contribution is 2.15. The van der Waals surface area contributed by atoms with Crippen molar-refractivity contribution in [2.24, 2.45) is 0 Å². The molecule has 0 atom stereocenters. The number of aromatic nitrogens is 2. The molecule has 1 aromatic carbocycles. The Bertz CT molecular complexity index is 491. The molecule has 0 aliphatic heterocycles. The lowest BCUT2D eigenvalue weighted by molar-refractivity contribution is 0.0528. The molecular weight excluding hydrogens is 192 g/mol. The van der Waals surface area contributed by atoms with Gasteiger partial charge >= 0.3 is 5.97 Å². The summed E-state index contributed by atoms with van der Waals surface area (Å²) >= 11 is 0. The lowest BCUT2D eigenvalue weighted by atomic mass is 10.1. The van der Waals surface area contributed by atoms with Crippen LogP contribution in [0, 0.1) is 0 Å². The van der Waals surface area contributed by atoms with Crippen LogP contribution in [0.15, 0.2) is 30.5 Å². The molecule has 0 N–H and O–H groups in total. The minimum absolute atomic E-state index is 0.357. The second-order valence-corrected chi connectivity index (χ2v) is 3.00. The Balaban J connectivity index is 2.56. The average Bonchev–Trinajstić information content (AvgIpc) is 2.28. The molecule has 0 radical (unpaired) electrons. The van der Waals surface area contributed by atoms with Crippen molar-refractivity contribution in [3.63, 3.8) is 0 Å². The molecular formula is C11H10N2O2. The molecule has 0 aliphatic rings. The van der Waals surface area contributed by atoms with E-state index in [1.165, 1.54) is 6.20 Å². The van der Waals surface area contributed by atoms with Crippen LogP contribution in [0.3, 0.4) is 0 Å². The van der Waals surface area contributed by atoms with Crippen molar-refractivity contribution in [3.05, 3.63) is 36.0 Å². The van der Waals surface area contributed by atoms with E-state index in [1.54, 1.807) is 6.92 Å². The van der Waals surface area contributed by atoms with Crippen LogP contribution >= 0.6 is 0 Å². The van der Waals surface area contributed by atoms with Crippen LogP contribution < -0.4 is 0 Å². The molecule has 1 aromatic heterocycles. The molecule has 0 aliphatic carbocycles. The van der Waals surface area contributed by atoms with Crippen molar-refractivity contribution in [2.75, 3.05) is 6.61 Å². The molecule has 0 unspecified atom stereocenters. The van der Waals surface area contributed by atoms with Gasteiger partial charge in [-0.1, -0.05) is 18.2 Å². The Hall–Kier alpha value is -1.97. The van der Waals surface area contributed by atoms with Gasteiger partial charge in [0.15, 0.2) is 0 Å². The second kappa shape index (κ2) is 4.04. The Morgan fingerprint density at radius 2 is 2.20 bits per heavy atom. The van der Waals surface area contributed by atoms with Gasteiger partial charge in [0.05, 0.1) is 23.9 Å². The minimum atomic E-state index is -0.358. The quantitative estimate of drug-likeness (QED) is 0.697. The Kier molecular flexibility index (Phi) is 2.58. The number of ether oxygens (including phenoxy) is 1. The van der Waals surface area contributed by atoms with Crippen LogP contribution in [0.25, 0.3) is 10.9 Å². The number of carbonyl (C=O) groups excluding carboxylic acids is 1. The van der Waals surface area contributed by atoms with Gasteiger partial charge in [0.1, 0.15) is 0 Å². The predicted octanol–water partition coefficient (Wildman–Crippen LogP) is 1.81. The van der Waals surface area contributed by atoms with Gasteiger partial charge in [0.25, 0.3) is 0 Å². The molecule has 76 valence electrons. The molecule has 4 heteroatoms. The van der Waals surface area contributed by atoms with Crippen LogP contribution in [-0.2, 0) is 4.74 Å². The van der Waals surface area contributed by atoms with E-state index in [9.17, 15) is 4.79 Å². The van der Waals surface area contributed by atoms with Crippen LogP contribution in [0.1, 0.15) is 17.3 Å². The van der Waals surface area contributed by atoms with E-state index in [2.05, 4.69) is 10.2 Å². The van der Waals surface area contributed by atoms with E-state index in [1.807, 2.05) is 24.3 Å². The zero-order valence-corrected chi connectivity index (χ0v) is 8.30. The molecule has 0 amide bonds. The van der Waals surface area contributed by atoms with E-state index >= 15 is 0 Å². The number of benzene rings is 1. The first-order valence-electron chi connectivity index (χ1n) is 4.70. The largest absolute Gasteiger partial charge is 0.462 e. The van der Waals surface area contributed by atoms with Crippen molar-refractivity contribution in [1.82, 2.24) is 10.2 Å². The lowest BCUT2D eigenvalue weighted by Gasteiger charge is -2.03. The summed E-state index contributed by atoms with van der Waals surface area (Å²) in [5, 5.41) is 8.46. The van der Waals surface area contributed by atoms with Gasteiger partial charge in [-0.2, -0.15) is 10.2 Å². The van der Waals surface area contributed by atoms with Crippen LogP contribution in [0.5, 0.6) is 0 Å². The van der Waals surface area contributed by atoms with E-state index in [-0.39, 0.29) is 5.97 Å². The zero-order chi connectivity index (χ0) is 10.7. The summed E-state index contributed by atoms with van der Waals surface area (Å²) in [6.45, 7) is 2.13. The maximum absolute atomic E-state index is 11.6. The topological polar surface area (TPSA) is 52.1 Å². The number of rotatable bonds is 2.